The highest BCUT2D eigenvalue weighted by Crippen LogP contribution is 2.13. The number of carbonyl (C=O) groups is 2. The zero-order chi connectivity index (χ0) is 15.6. The van der Waals surface area contributed by atoms with Crippen LogP contribution in [0.15, 0.2) is 47.9 Å². The van der Waals surface area contributed by atoms with Gasteiger partial charge in [0.25, 0.3) is 0 Å². The maximum Gasteiger partial charge on any atom is 0.407 e. The van der Waals surface area contributed by atoms with Crippen LogP contribution in [0.4, 0.5) is 4.79 Å². The van der Waals surface area contributed by atoms with E-state index in [0.717, 1.165) is 17.4 Å². The molecule has 0 fully saturated rings. The van der Waals surface area contributed by atoms with Crippen molar-refractivity contribution < 1.29 is 14.3 Å². The summed E-state index contributed by atoms with van der Waals surface area (Å²) in [4.78, 5) is 22.8. The number of carbonyl (C=O) groups excluding carboxylic acids is 2. The Morgan fingerprint density at radius 1 is 1.27 bits per heavy atom. The van der Waals surface area contributed by atoms with Gasteiger partial charge in [-0.1, -0.05) is 42.5 Å². The Labute approximate surface area is 133 Å². The first kappa shape index (κ1) is 16.0. The van der Waals surface area contributed by atoms with E-state index in [1.54, 1.807) is 0 Å². The fourth-order valence-corrected chi connectivity index (χ4v) is 2.45. The molecule has 1 N–H and O–H groups in total. The lowest BCUT2D eigenvalue weighted by Gasteiger charge is -2.05. The number of ether oxygens (including phenoxy) is 1. The molecule has 2 aromatic rings. The zero-order valence-corrected chi connectivity index (χ0v) is 12.8. The molecule has 4 nitrogen and oxygen atoms in total. The van der Waals surface area contributed by atoms with E-state index in [1.165, 1.54) is 11.3 Å². The summed E-state index contributed by atoms with van der Waals surface area (Å²) >= 11 is 1.41. The van der Waals surface area contributed by atoms with Gasteiger partial charge in [-0.2, -0.15) is 0 Å². The van der Waals surface area contributed by atoms with Gasteiger partial charge in [0.1, 0.15) is 6.61 Å². The quantitative estimate of drug-likeness (QED) is 0.623. The molecule has 0 atom stereocenters. The van der Waals surface area contributed by atoms with Crippen molar-refractivity contribution in [2.45, 2.75) is 13.0 Å². The highest BCUT2D eigenvalue weighted by atomic mass is 32.1. The molecule has 1 amide bonds. The van der Waals surface area contributed by atoms with Crippen LogP contribution in [0.5, 0.6) is 0 Å². The number of rotatable bonds is 7. The van der Waals surface area contributed by atoms with Gasteiger partial charge in [0.15, 0.2) is 6.29 Å². The molecule has 114 valence electrons. The molecule has 0 bridgehead atoms. The van der Waals surface area contributed by atoms with Crippen molar-refractivity contribution in [2.24, 2.45) is 0 Å². The minimum absolute atomic E-state index is 0.270. The van der Waals surface area contributed by atoms with Crippen LogP contribution in [0, 0.1) is 0 Å². The number of alkyl carbamates (subject to hydrolysis) is 1. The highest BCUT2D eigenvalue weighted by Gasteiger charge is 2.00. The first-order chi connectivity index (χ1) is 10.8. The maximum atomic E-state index is 11.5. The zero-order valence-electron chi connectivity index (χ0n) is 12.0. The molecule has 0 saturated heterocycles. The summed E-state index contributed by atoms with van der Waals surface area (Å²) in [5, 5.41) is 4.61. The lowest BCUT2D eigenvalue weighted by molar-refractivity contribution is 0.112. The lowest BCUT2D eigenvalue weighted by atomic mass is 10.2. The van der Waals surface area contributed by atoms with Gasteiger partial charge in [0.2, 0.25) is 0 Å². The predicted octanol–water partition coefficient (Wildman–Crippen LogP) is 3.89. The number of hydrogen-bond donors (Lipinski definition) is 1. The summed E-state index contributed by atoms with van der Waals surface area (Å²) in [7, 11) is 0. The minimum Gasteiger partial charge on any atom is -0.445 e. The lowest BCUT2D eigenvalue weighted by Crippen LogP contribution is -2.24. The van der Waals surface area contributed by atoms with E-state index in [-0.39, 0.29) is 6.61 Å². The molecule has 22 heavy (non-hydrogen) atoms. The second-order valence-electron chi connectivity index (χ2n) is 4.58. The van der Waals surface area contributed by atoms with Crippen LogP contribution in [-0.4, -0.2) is 18.9 Å². The van der Waals surface area contributed by atoms with Crippen LogP contribution in [0.25, 0.3) is 6.08 Å². The first-order valence-corrected chi connectivity index (χ1v) is 7.80. The predicted molar refractivity (Wildman–Crippen MR) is 88.0 cm³/mol. The fraction of sp³-hybridized carbons (Fsp3) is 0.176. The van der Waals surface area contributed by atoms with E-state index in [2.05, 4.69) is 5.32 Å². The summed E-state index contributed by atoms with van der Waals surface area (Å²) in [5.41, 5.74) is 1.96. The molecular weight excluding hydrogens is 298 g/mol. The van der Waals surface area contributed by atoms with Crippen molar-refractivity contribution in [2.75, 3.05) is 6.54 Å². The van der Waals surface area contributed by atoms with Gasteiger partial charge in [0, 0.05) is 6.54 Å². The second kappa shape index (κ2) is 8.79. The third-order valence-corrected chi connectivity index (χ3v) is 3.74. The molecule has 1 heterocycles. The Kier molecular flexibility index (Phi) is 6.39. The number of hydrogen-bond acceptors (Lipinski definition) is 4. The summed E-state index contributed by atoms with van der Waals surface area (Å²) in [6, 6.07) is 11.4. The van der Waals surface area contributed by atoms with Crippen LogP contribution in [0.3, 0.4) is 0 Å². The van der Waals surface area contributed by atoms with Crippen LogP contribution in [-0.2, 0) is 11.3 Å². The van der Waals surface area contributed by atoms with Crippen LogP contribution in [0.2, 0.25) is 0 Å². The minimum atomic E-state index is -0.420. The smallest absolute Gasteiger partial charge is 0.407 e. The van der Waals surface area contributed by atoms with E-state index in [4.69, 9.17) is 4.74 Å². The van der Waals surface area contributed by atoms with Gasteiger partial charge < -0.3 is 10.1 Å². The van der Waals surface area contributed by atoms with Gasteiger partial charge in [-0.25, -0.2) is 4.79 Å². The molecule has 0 aliphatic carbocycles. The SMILES string of the molecule is O=Cc1cc(C=CCCNC(=O)OCc2ccccc2)cs1. The van der Waals surface area contributed by atoms with E-state index in [0.29, 0.717) is 17.8 Å². The molecule has 2 rings (SSSR count). The molecule has 0 aliphatic heterocycles. The molecule has 0 radical (unpaired) electrons. The van der Waals surface area contributed by atoms with Gasteiger partial charge >= 0.3 is 6.09 Å². The molecule has 1 aromatic heterocycles. The van der Waals surface area contributed by atoms with Gasteiger partial charge in [0.05, 0.1) is 4.88 Å². The number of amides is 1. The Morgan fingerprint density at radius 3 is 2.82 bits per heavy atom. The molecular formula is C17H17NO3S. The molecule has 0 aliphatic rings. The normalized spacial score (nSPS) is 10.5. The highest BCUT2D eigenvalue weighted by molar-refractivity contribution is 7.11. The summed E-state index contributed by atoms with van der Waals surface area (Å²) in [6.07, 6.45) is 5.00. The van der Waals surface area contributed by atoms with E-state index in [9.17, 15) is 9.59 Å². The fourth-order valence-electron chi connectivity index (χ4n) is 1.77. The second-order valence-corrected chi connectivity index (χ2v) is 5.52. The average molecular weight is 315 g/mol. The molecule has 5 heteroatoms. The van der Waals surface area contributed by atoms with E-state index < -0.39 is 6.09 Å². The van der Waals surface area contributed by atoms with Gasteiger partial charge in [-0.15, -0.1) is 11.3 Å². The maximum absolute atomic E-state index is 11.5. The van der Waals surface area contributed by atoms with Crippen LogP contribution < -0.4 is 5.32 Å². The largest absolute Gasteiger partial charge is 0.445 e. The molecule has 0 saturated carbocycles. The van der Waals surface area contributed by atoms with Crippen molar-refractivity contribution in [3.8, 4) is 0 Å². The number of nitrogens with one attached hydrogen (secondary N) is 1. The van der Waals surface area contributed by atoms with Crippen molar-refractivity contribution in [3.63, 3.8) is 0 Å². The molecule has 0 spiro atoms. The van der Waals surface area contributed by atoms with Crippen LogP contribution in [0.1, 0.15) is 27.2 Å². The summed E-state index contributed by atoms with van der Waals surface area (Å²) < 4.78 is 5.10. The first-order valence-electron chi connectivity index (χ1n) is 6.93. The Hall–Kier alpha value is -2.40. The Bertz CT molecular complexity index is 634. The third-order valence-electron chi connectivity index (χ3n) is 2.86. The number of benzene rings is 1. The van der Waals surface area contributed by atoms with E-state index in [1.807, 2.05) is 53.9 Å². The Balaban J connectivity index is 1.61. The average Bonchev–Trinajstić information content (AvgIpc) is 3.01. The monoisotopic (exact) mass is 315 g/mol. The van der Waals surface area contributed by atoms with Gasteiger partial charge in [-0.3, -0.25) is 4.79 Å². The number of thiophene rings is 1. The summed E-state index contributed by atoms with van der Waals surface area (Å²) in [5.74, 6) is 0. The van der Waals surface area contributed by atoms with Gasteiger partial charge in [-0.05, 0) is 29.0 Å². The standard InChI is InChI=1S/C17H17NO3S/c19-11-16-10-15(13-22-16)8-4-5-9-18-17(20)21-12-14-6-2-1-3-7-14/h1-4,6-8,10-11,13H,5,9,12H2,(H,18,20). The molecule has 1 aromatic carbocycles. The Morgan fingerprint density at radius 2 is 2.09 bits per heavy atom. The van der Waals surface area contributed by atoms with Crippen molar-refractivity contribution in [1.82, 2.24) is 5.32 Å². The molecule has 0 unspecified atom stereocenters. The van der Waals surface area contributed by atoms with Crippen molar-refractivity contribution >= 4 is 29.8 Å². The van der Waals surface area contributed by atoms with E-state index >= 15 is 0 Å². The topological polar surface area (TPSA) is 55.4 Å². The van der Waals surface area contributed by atoms with Crippen molar-refractivity contribution in [3.05, 3.63) is 63.9 Å². The van der Waals surface area contributed by atoms with Crippen molar-refractivity contribution in [1.29, 1.82) is 0 Å². The third kappa shape index (κ3) is 5.54. The number of aldehydes is 1. The summed E-state index contributed by atoms with van der Waals surface area (Å²) in [6.45, 7) is 0.778. The van der Waals surface area contributed by atoms with Crippen LogP contribution >= 0.6 is 11.3 Å².